The van der Waals surface area contributed by atoms with Gasteiger partial charge in [0.05, 0.1) is 19.8 Å². The quantitative estimate of drug-likeness (QED) is 0.627. The van der Waals surface area contributed by atoms with Crippen LogP contribution < -0.4 is 5.32 Å². The molecule has 4 unspecified atom stereocenters. The number of anilines is 1. The van der Waals surface area contributed by atoms with Crippen molar-refractivity contribution in [3.8, 4) is 0 Å². The molecular formula is C24H30F3N3O5. The van der Waals surface area contributed by atoms with Crippen molar-refractivity contribution in [3.63, 3.8) is 0 Å². The number of halogens is 3. The second kappa shape index (κ2) is 9.88. The normalized spacial score (nSPS) is 29.9. The van der Waals surface area contributed by atoms with Gasteiger partial charge < -0.3 is 24.1 Å². The number of alkyl halides is 3. The molecule has 35 heavy (non-hydrogen) atoms. The van der Waals surface area contributed by atoms with Gasteiger partial charge in [0.1, 0.15) is 23.7 Å². The zero-order valence-corrected chi connectivity index (χ0v) is 19.9. The standard InChI is InChI=1S/C24H30F3N3O5/c1-16-20(33-14-11-30-9-12-32-13-10-30)23(18-7-5-4-6-8-18,35-22(16,3)24(25,26)27)21(31)28-19-15-34-29-17(19)2/h4-8,15-16,20H,9-14H2,1-3H3,(H,28,31). The summed E-state index contributed by atoms with van der Waals surface area (Å²) in [7, 11) is 0. The molecule has 0 aliphatic carbocycles. The Balaban J connectivity index is 1.73. The van der Waals surface area contributed by atoms with Crippen LogP contribution in [-0.4, -0.2) is 73.3 Å². The molecule has 4 atom stereocenters. The highest BCUT2D eigenvalue weighted by Crippen LogP contribution is 2.56. The van der Waals surface area contributed by atoms with Crippen LogP contribution in [-0.2, 0) is 24.6 Å². The van der Waals surface area contributed by atoms with E-state index < -0.39 is 35.3 Å². The van der Waals surface area contributed by atoms with E-state index in [1.165, 1.54) is 13.2 Å². The first kappa shape index (κ1) is 25.6. The Morgan fingerprint density at radius 1 is 1.26 bits per heavy atom. The van der Waals surface area contributed by atoms with Gasteiger partial charge in [-0.3, -0.25) is 9.69 Å². The van der Waals surface area contributed by atoms with Gasteiger partial charge >= 0.3 is 6.18 Å². The molecule has 1 aromatic heterocycles. The summed E-state index contributed by atoms with van der Waals surface area (Å²) in [6.07, 6.45) is -4.75. The Morgan fingerprint density at radius 3 is 2.54 bits per heavy atom. The molecule has 2 fully saturated rings. The van der Waals surface area contributed by atoms with Crippen molar-refractivity contribution in [1.82, 2.24) is 10.1 Å². The smallest absolute Gasteiger partial charge is 0.379 e. The van der Waals surface area contributed by atoms with Crippen LogP contribution >= 0.6 is 0 Å². The monoisotopic (exact) mass is 497 g/mol. The number of amides is 1. The maximum Gasteiger partial charge on any atom is 0.417 e. The highest BCUT2D eigenvalue weighted by Gasteiger charge is 2.72. The fraction of sp³-hybridized carbons (Fsp3) is 0.583. The van der Waals surface area contributed by atoms with E-state index in [1.807, 2.05) is 0 Å². The first-order valence-electron chi connectivity index (χ1n) is 11.6. The Labute approximate surface area is 201 Å². The molecule has 0 spiro atoms. The van der Waals surface area contributed by atoms with Gasteiger partial charge in [0.15, 0.2) is 11.2 Å². The largest absolute Gasteiger partial charge is 0.417 e. The van der Waals surface area contributed by atoms with E-state index in [4.69, 9.17) is 18.7 Å². The van der Waals surface area contributed by atoms with E-state index in [0.29, 0.717) is 38.5 Å². The van der Waals surface area contributed by atoms with Gasteiger partial charge in [0, 0.05) is 25.6 Å². The number of ether oxygens (including phenoxy) is 3. The van der Waals surface area contributed by atoms with Crippen LogP contribution in [0.15, 0.2) is 41.1 Å². The van der Waals surface area contributed by atoms with Crippen molar-refractivity contribution in [3.05, 3.63) is 47.9 Å². The summed E-state index contributed by atoms with van der Waals surface area (Å²) in [5, 5.41) is 6.39. The molecule has 0 radical (unpaired) electrons. The van der Waals surface area contributed by atoms with Crippen molar-refractivity contribution < 1.29 is 36.7 Å². The van der Waals surface area contributed by atoms with Crippen molar-refractivity contribution >= 4 is 11.6 Å². The average molecular weight is 498 g/mol. The fourth-order valence-corrected chi connectivity index (χ4v) is 4.68. The molecule has 1 N–H and O–H groups in total. The molecular weight excluding hydrogens is 467 g/mol. The number of hydrogen-bond acceptors (Lipinski definition) is 7. The van der Waals surface area contributed by atoms with Gasteiger partial charge in [-0.05, 0) is 19.4 Å². The molecule has 192 valence electrons. The summed E-state index contributed by atoms with van der Waals surface area (Å²) in [4.78, 5) is 16.0. The molecule has 2 aromatic rings. The van der Waals surface area contributed by atoms with Gasteiger partial charge in [-0.1, -0.05) is 42.4 Å². The van der Waals surface area contributed by atoms with E-state index in [0.717, 1.165) is 6.92 Å². The van der Waals surface area contributed by atoms with Crippen molar-refractivity contribution in [2.24, 2.45) is 5.92 Å². The number of carbonyl (C=O) groups is 1. The first-order valence-corrected chi connectivity index (χ1v) is 11.6. The van der Waals surface area contributed by atoms with Gasteiger partial charge in [-0.15, -0.1) is 0 Å². The van der Waals surface area contributed by atoms with Gasteiger partial charge in [0.2, 0.25) is 0 Å². The fourth-order valence-electron chi connectivity index (χ4n) is 4.68. The number of aromatic nitrogens is 1. The molecule has 2 aliphatic rings. The van der Waals surface area contributed by atoms with E-state index >= 15 is 0 Å². The summed E-state index contributed by atoms with van der Waals surface area (Å²) in [6, 6.07) is 8.17. The number of nitrogens with one attached hydrogen (secondary N) is 1. The van der Waals surface area contributed by atoms with Crippen LogP contribution in [0.2, 0.25) is 0 Å². The van der Waals surface area contributed by atoms with Crippen LogP contribution in [0.25, 0.3) is 0 Å². The number of rotatable bonds is 7. The van der Waals surface area contributed by atoms with Crippen LogP contribution in [0, 0.1) is 12.8 Å². The maximum absolute atomic E-state index is 14.4. The SMILES string of the molecule is Cc1nocc1NC(=O)C1(c2ccccc2)OC(C)(C(F)(F)F)C(C)C1OCCN1CCOCC1. The minimum Gasteiger partial charge on any atom is -0.379 e. The number of aryl methyl sites for hydroxylation is 1. The molecule has 1 amide bonds. The molecule has 4 rings (SSSR count). The number of carbonyl (C=O) groups excluding carboxylic acids is 1. The van der Waals surface area contributed by atoms with E-state index in [9.17, 15) is 18.0 Å². The van der Waals surface area contributed by atoms with E-state index in [-0.39, 0.29) is 17.9 Å². The van der Waals surface area contributed by atoms with Gasteiger partial charge in [-0.25, -0.2) is 0 Å². The molecule has 0 saturated carbocycles. The Hall–Kier alpha value is -2.47. The van der Waals surface area contributed by atoms with Gasteiger partial charge in [-0.2, -0.15) is 13.2 Å². The maximum atomic E-state index is 14.4. The molecule has 2 saturated heterocycles. The van der Waals surface area contributed by atoms with E-state index in [2.05, 4.69) is 15.4 Å². The number of benzene rings is 1. The Kier molecular flexibility index (Phi) is 7.23. The topological polar surface area (TPSA) is 86.1 Å². The highest BCUT2D eigenvalue weighted by atomic mass is 19.4. The van der Waals surface area contributed by atoms with Crippen LogP contribution in [0.1, 0.15) is 25.1 Å². The van der Waals surface area contributed by atoms with Gasteiger partial charge in [0.25, 0.3) is 5.91 Å². The Bertz CT molecular complexity index is 1010. The van der Waals surface area contributed by atoms with E-state index in [1.54, 1.807) is 37.3 Å². The number of morpholine rings is 1. The minimum absolute atomic E-state index is 0.125. The molecule has 2 aliphatic heterocycles. The third-order valence-corrected chi connectivity index (χ3v) is 7.01. The highest BCUT2D eigenvalue weighted by molar-refractivity contribution is 5.99. The number of hydrogen-bond donors (Lipinski definition) is 1. The van der Waals surface area contributed by atoms with Crippen molar-refractivity contribution in [1.29, 1.82) is 0 Å². The molecule has 11 heteroatoms. The van der Waals surface area contributed by atoms with Crippen molar-refractivity contribution in [2.45, 2.75) is 44.3 Å². The lowest BCUT2D eigenvalue weighted by Gasteiger charge is -2.35. The zero-order chi connectivity index (χ0) is 25.3. The second-order valence-corrected chi connectivity index (χ2v) is 9.11. The average Bonchev–Trinajstić information content (AvgIpc) is 3.34. The predicted molar refractivity (Wildman–Crippen MR) is 120 cm³/mol. The van der Waals surface area contributed by atoms with Crippen molar-refractivity contribution in [2.75, 3.05) is 44.8 Å². The molecule has 8 nitrogen and oxygen atoms in total. The molecule has 0 bridgehead atoms. The summed E-state index contributed by atoms with van der Waals surface area (Å²) >= 11 is 0. The van der Waals surface area contributed by atoms with Crippen LogP contribution in [0.3, 0.4) is 0 Å². The lowest BCUT2D eigenvalue weighted by Crippen LogP contribution is -2.51. The predicted octanol–water partition coefficient (Wildman–Crippen LogP) is 3.52. The van der Waals surface area contributed by atoms with Crippen LogP contribution in [0.5, 0.6) is 0 Å². The Morgan fingerprint density at radius 2 is 1.94 bits per heavy atom. The van der Waals surface area contributed by atoms with Crippen LogP contribution in [0.4, 0.5) is 18.9 Å². The first-order chi connectivity index (χ1) is 16.6. The molecule has 1 aromatic carbocycles. The zero-order valence-electron chi connectivity index (χ0n) is 19.9. The summed E-state index contributed by atoms with van der Waals surface area (Å²) in [5.74, 6) is -1.98. The number of nitrogens with zero attached hydrogens (tertiary/aromatic N) is 2. The summed E-state index contributed by atoms with van der Waals surface area (Å²) < 4.78 is 65.4. The third-order valence-electron chi connectivity index (χ3n) is 7.01. The third kappa shape index (κ3) is 4.69. The lowest BCUT2D eigenvalue weighted by molar-refractivity contribution is -0.285. The summed E-state index contributed by atoms with van der Waals surface area (Å²) in [6.45, 7) is 7.20. The summed E-state index contributed by atoms with van der Waals surface area (Å²) in [5.41, 5.74) is -3.80. The minimum atomic E-state index is -4.75. The lowest BCUT2D eigenvalue weighted by atomic mass is 9.79. The molecule has 3 heterocycles. The second-order valence-electron chi connectivity index (χ2n) is 9.11.